The van der Waals surface area contributed by atoms with Crippen molar-refractivity contribution < 1.29 is 5.11 Å². The molecule has 0 aromatic rings. The minimum atomic E-state index is -0.408. The van der Waals surface area contributed by atoms with Gasteiger partial charge in [0.2, 0.25) is 0 Å². The molecule has 0 bridgehead atoms. The molecule has 18 heavy (non-hydrogen) atoms. The average molecular weight is 272 g/mol. The summed E-state index contributed by atoms with van der Waals surface area (Å²) < 4.78 is 0. The molecule has 1 nitrogen and oxygen atoms in total. The van der Waals surface area contributed by atoms with Crippen LogP contribution in [0.4, 0.5) is 0 Å². The van der Waals surface area contributed by atoms with Crippen molar-refractivity contribution in [2.45, 2.75) is 91.6 Å². The lowest BCUT2D eigenvalue weighted by Gasteiger charge is -2.31. The van der Waals surface area contributed by atoms with Gasteiger partial charge in [-0.1, -0.05) is 66.7 Å². The van der Waals surface area contributed by atoms with Crippen LogP contribution >= 0.6 is 0 Å². The molecule has 110 valence electrons. The third-order valence-electron chi connectivity index (χ3n) is 3.32. The molecular weight excluding hydrogens is 235 g/mol. The molecule has 0 heterocycles. The smallest absolute Gasteiger partial charge is 0.187 e. The van der Waals surface area contributed by atoms with Crippen LogP contribution in [0.15, 0.2) is 0 Å². The van der Waals surface area contributed by atoms with Gasteiger partial charge in [-0.25, -0.2) is 0 Å². The highest BCUT2D eigenvalue weighted by atomic mass is 27.0. The van der Waals surface area contributed by atoms with Crippen molar-refractivity contribution in [2.24, 2.45) is 11.8 Å². The Bertz CT molecular complexity index is 168. The van der Waals surface area contributed by atoms with Crippen molar-refractivity contribution in [1.29, 1.82) is 0 Å². The highest BCUT2D eigenvalue weighted by molar-refractivity contribution is 5.75. The first kappa shape index (κ1) is 20.8. The van der Waals surface area contributed by atoms with Gasteiger partial charge < -0.3 is 5.11 Å². The molecule has 0 aliphatic rings. The maximum atomic E-state index is 10.7. The number of hydrogen-bond acceptors (Lipinski definition) is 1. The van der Waals surface area contributed by atoms with E-state index in [-0.39, 0.29) is 17.4 Å². The maximum absolute atomic E-state index is 10.7. The molecular formula is C16H37AlO. The van der Waals surface area contributed by atoms with E-state index in [9.17, 15) is 5.11 Å². The Labute approximate surface area is 126 Å². The molecule has 0 saturated carbocycles. The van der Waals surface area contributed by atoms with E-state index in [1.165, 1.54) is 32.1 Å². The van der Waals surface area contributed by atoms with Gasteiger partial charge in [-0.05, 0) is 31.1 Å². The zero-order chi connectivity index (χ0) is 13.3. The summed E-state index contributed by atoms with van der Waals surface area (Å²) in [5.41, 5.74) is -0.408. The number of aliphatic hydroxyl groups is 1. The van der Waals surface area contributed by atoms with Crippen molar-refractivity contribution in [1.82, 2.24) is 0 Å². The fourth-order valence-electron chi connectivity index (χ4n) is 2.86. The van der Waals surface area contributed by atoms with Crippen LogP contribution in [0.3, 0.4) is 0 Å². The summed E-state index contributed by atoms with van der Waals surface area (Å²) in [4.78, 5) is 0. The first-order valence-electron chi connectivity index (χ1n) is 7.62. The standard InChI is InChI=1S/C16H34O.Al.3H/c1-6-7-8-9-10-11-16(17,12-14(2)3)13-15(4)5;;;;/h14-15,17H,6-13H2,1-5H3;;;;. The molecule has 0 unspecified atom stereocenters. The van der Waals surface area contributed by atoms with E-state index in [2.05, 4.69) is 34.6 Å². The predicted molar refractivity (Wildman–Crippen MR) is 87.2 cm³/mol. The average Bonchev–Trinajstić information content (AvgIpc) is 2.14. The van der Waals surface area contributed by atoms with Crippen molar-refractivity contribution in [3.05, 3.63) is 0 Å². The number of rotatable bonds is 10. The van der Waals surface area contributed by atoms with Gasteiger partial charge in [0, 0.05) is 0 Å². The Kier molecular flexibility index (Phi) is 13.1. The van der Waals surface area contributed by atoms with Crippen LogP contribution in [0.25, 0.3) is 0 Å². The molecule has 2 heteroatoms. The summed E-state index contributed by atoms with van der Waals surface area (Å²) in [6.07, 6.45) is 9.35. The second-order valence-corrected chi connectivity index (χ2v) is 6.58. The fraction of sp³-hybridized carbons (Fsp3) is 1.00. The van der Waals surface area contributed by atoms with E-state index in [0.717, 1.165) is 19.3 Å². The molecule has 0 rings (SSSR count). The Balaban J connectivity index is 0. The summed E-state index contributed by atoms with van der Waals surface area (Å²) in [5, 5.41) is 10.7. The molecule has 0 fully saturated rings. The minimum absolute atomic E-state index is 0. The third kappa shape index (κ3) is 11.6. The maximum Gasteiger partial charge on any atom is 0.187 e. The van der Waals surface area contributed by atoms with E-state index in [1.54, 1.807) is 0 Å². The van der Waals surface area contributed by atoms with Crippen LogP contribution in [-0.4, -0.2) is 28.1 Å². The molecule has 0 spiro atoms. The lowest BCUT2D eigenvalue weighted by atomic mass is 9.81. The summed E-state index contributed by atoms with van der Waals surface area (Å²) in [6, 6.07) is 0. The zero-order valence-corrected chi connectivity index (χ0v) is 12.8. The van der Waals surface area contributed by atoms with Crippen LogP contribution in [0.5, 0.6) is 0 Å². The normalized spacial score (nSPS) is 12.0. The van der Waals surface area contributed by atoms with Crippen LogP contribution in [0, 0.1) is 11.8 Å². The zero-order valence-electron chi connectivity index (χ0n) is 12.8. The molecule has 1 N–H and O–H groups in total. The van der Waals surface area contributed by atoms with Gasteiger partial charge in [0.25, 0.3) is 0 Å². The summed E-state index contributed by atoms with van der Waals surface area (Å²) >= 11 is 0. The second kappa shape index (κ2) is 11.3. The predicted octanol–water partition coefficient (Wildman–Crippen LogP) is 3.99. The van der Waals surface area contributed by atoms with Crippen molar-refractivity contribution in [3.63, 3.8) is 0 Å². The highest BCUT2D eigenvalue weighted by Crippen LogP contribution is 2.30. The molecule has 0 aromatic carbocycles. The van der Waals surface area contributed by atoms with Crippen LogP contribution in [-0.2, 0) is 0 Å². The van der Waals surface area contributed by atoms with Gasteiger partial charge >= 0.3 is 0 Å². The van der Waals surface area contributed by atoms with Gasteiger partial charge in [0.1, 0.15) is 0 Å². The van der Waals surface area contributed by atoms with Crippen LogP contribution in [0.2, 0.25) is 0 Å². The second-order valence-electron chi connectivity index (χ2n) is 6.58. The molecule has 0 radical (unpaired) electrons. The van der Waals surface area contributed by atoms with Gasteiger partial charge in [0.15, 0.2) is 17.4 Å². The summed E-state index contributed by atoms with van der Waals surface area (Å²) in [6.45, 7) is 11.1. The monoisotopic (exact) mass is 272 g/mol. The minimum Gasteiger partial charge on any atom is -0.390 e. The van der Waals surface area contributed by atoms with E-state index < -0.39 is 5.60 Å². The Hall–Kier alpha value is 0.492. The SMILES string of the molecule is CCCCCCCC(O)(CC(C)C)CC(C)C.[AlH3]. The van der Waals surface area contributed by atoms with E-state index in [0.29, 0.717) is 11.8 Å². The third-order valence-corrected chi connectivity index (χ3v) is 3.32. The highest BCUT2D eigenvalue weighted by Gasteiger charge is 2.28. The largest absolute Gasteiger partial charge is 0.390 e. The number of hydrogen-bond donors (Lipinski definition) is 1. The first-order chi connectivity index (χ1) is 7.89. The van der Waals surface area contributed by atoms with Gasteiger partial charge in [0.05, 0.1) is 5.60 Å². The summed E-state index contributed by atoms with van der Waals surface area (Å²) in [7, 11) is 0. The number of unbranched alkanes of at least 4 members (excludes halogenated alkanes) is 4. The van der Waals surface area contributed by atoms with Gasteiger partial charge in [-0.3, -0.25) is 0 Å². The lowest BCUT2D eigenvalue weighted by Crippen LogP contribution is -2.32. The molecule has 0 aliphatic heterocycles. The topological polar surface area (TPSA) is 20.2 Å². The van der Waals surface area contributed by atoms with Crippen LogP contribution < -0.4 is 0 Å². The van der Waals surface area contributed by atoms with Crippen molar-refractivity contribution in [2.75, 3.05) is 0 Å². The molecule has 0 saturated heterocycles. The van der Waals surface area contributed by atoms with E-state index >= 15 is 0 Å². The quantitative estimate of drug-likeness (QED) is 0.471. The van der Waals surface area contributed by atoms with Crippen molar-refractivity contribution >= 4 is 17.4 Å². The summed E-state index contributed by atoms with van der Waals surface area (Å²) in [5.74, 6) is 1.18. The lowest BCUT2D eigenvalue weighted by molar-refractivity contribution is -0.00947. The van der Waals surface area contributed by atoms with Gasteiger partial charge in [-0.15, -0.1) is 0 Å². The molecule has 0 aliphatic carbocycles. The molecule has 0 aromatic heterocycles. The molecule has 0 atom stereocenters. The molecule has 0 amide bonds. The Morgan fingerprint density at radius 3 is 1.67 bits per heavy atom. The van der Waals surface area contributed by atoms with Gasteiger partial charge in [-0.2, -0.15) is 0 Å². The first-order valence-corrected chi connectivity index (χ1v) is 7.62. The Morgan fingerprint density at radius 1 is 0.833 bits per heavy atom. The van der Waals surface area contributed by atoms with Crippen molar-refractivity contribution in [3.8, 4) is 0 Å². The van der Waals surface area contributed by atoms with E-state index in [4.69, 9.17) is 0 Å². The van der Waals surface area contributed by atoms with Crippen LogP contribution in [0.1, 0.15) is 86.0 Å². The van der Waals surface area contributed by atoms with E-state index in [1.807, 2.05) is 0 Å². The fourth-order valence-corrected chi connectivity index (χ4v) is 2.86. The Morgan fingerprint density at radius 2 is 1.28 bits per heavy atom.